The second kappa shape index (κ2) is 3.80. The van der Waals surface area contributed by atoms with Crippen molar-refractivity contribution in [3.05, 3.63) is 11.8 Å². The molecule has 1 aliphatic carbocycles. The third kappa shape index (κ3) is 2.57. The van der Waals surface area contributed by atoms with Gasteiger partial charge < -0.3 is 5.11 Å². The van der Waals surface area contributed by atoms with Crippen LogP contribution >= 0.6 is 0 Å². The average Bonchev–Trinajstić information content (AvgIpc) is 1.85. The van der Waals surface area contributed by atoms with E-state index in [-0.39, 0.29) is 0 Å². The first-order chi connectivity index (χ1) is 5.22. The van der Waals surface area contributed by atoms with E-state index >= 15 is 0 Å². The molecule has 1 N–H and O–H groups in total. The molecule has 0 saturated carbocycles. The van der Waals surface area contributed by atoms with Gasteiger partial charge in [-0.2, -0.15) is 0 Å². The summed E-state index contributed by atoms with van der Waals surface area (Å²) in [5, 5.41) is 9.34. The highest BCUT2D eigenvalue weighted by molar-refractivity contribution is 5.00. The van der Waals surface area contributed by atoms with Crippen LogP contribution in [0.4, 0.5) is 0 Å². The van der Waals surface area contributed by atoms with Crippen molar-refractivity contribution in [3.63, 3.8) is 0 Å². The van der Waals surface area contributed by atoms with Crippen LogP contribution in [0.1, 0.15) is 39.5 Å². The first-order valence-corrected chi connectivity index (χ1v) is 4.62. The Labute approximate surface area is 69.1 Å². The van der Waals surface area contributed by atoms with Crippen LogP contribution in [0.15, 0.2) is 11.8 Å². The Bertz CT molecular complexity index is 149. The predicted molar refractivity (Wildman–Crippen MR) is 47.5 cm³/mol. The second-order valence-electron chi connectivity index (χ2n) is 3.73. The summed E-state index contributed by atoms with van der Waals surface area (Å²) in [4.78, 5) is 0. The van der Waals surface area contributed by atoms with Gasteiger partial charge in [-0.1, -0.05) is 26.7 Å². The molecule has 1 aliphatic rings. The molecule has 2 unspecified atom stereocenters. The molecular weight excluding hydrogens is 136 g/mol. The molecule has 0 fully saturated rings. The molecule has 1 rings (SSSR count). The average molecular weight is 154 g/mol. The molecule has 0 saturated heterocycles. The van der Waals surface area contributed by atoms with Crippen molar-refractivity contribution in [1.82, 2.24) is 0 Å². The molecule has 11 heavy (non-hydrogen) atoms. The summed E-state index contributed by atoms with van der Waals surface area (Å²) in [5.74, 6) is 1.93. The lowest BCUT2D eigenvalue weighted by molar-refractivity contribution is 0.285. The summed E-state index contributed by atoms with van der Waals surface area (Å²) in [6, 6.07) is 0. The Morgan fingerprint density at radius 1 is 1.64 bits per heavy atom. The Balaban J connectivity index is 2.43. The molecule has 0 radical (unpaired) electrons. The van der Waals surface area contributed by atoms with E-state index in [1.165, 1.54) is 19.3 Å². The minimum atomic E-state index is 0.584. The van der Waals surface area contributed by atoms with Crippen molar-refractivity contribution >= 4 is 0 Å². The molecule has 0 aromatic carbocycles. The SMILES string of the molecule is CCCC1CC(O)=CC(C)C1. The zero-order valence-corrected chi connectivity index (χ0v) is 7.51. The minimum absolute atomic E-state index is 0.584. The van der Waals surface area contributed by atoms with Gasteiger partial charge in [0.15, 0.2) is 0 Å². The summed E-state index contributed by atoms with van der Waals surface area (Å²) >= 11 is 0. The third-order valence-electron chi connectivity index (χ3n) is 2.38. The largest absolute Gasteiger partial charge is 0.513 e. The minimum Gasteiger partial charge on any atom is -0.513 e. The maximum absolute atomic E-state index is 9.34. The number of hydrogen-bond acceptors (Lipinski definition) is 1. The lowest BCUT2D eigenvalue weighted by atomic mass is 9.84. The first kappa shape index (κ1) is 8.63. The van der Waals surface area contributed by atoms with Crippen molar-refractivity contribution in [3.8, 4) is 0 Å². The summed E-state index contributed by atoms with van der Waals surface area (Å²) in [6.07, 6.45) is 6.68. The highest BCUT2D eigenvalue weighted by Gasteiger charge is 2.18. The zero-order valence-electron chi connectivity index (χ0n) is 7.51. The van der Waals surface area contributed by atoms with Gasteiger partial charge >= 0.3 is 0 Å². The lowest BCUT2D eigenvalue weighted by Crippen LogP contribution is -2.12. The molecule has 1 heteroatoms. The normalized spacial score (nSPS) is 31.6. The lowest BCUT2D eigenvalue weighted by Gasteiger charge is -2.23. The maximum Gasteiger partial charge on any atom is 0.0888 e. The number of aliphatic hydroxyl groups excluding tert-OH is 1. The summed E-state index contributed by atoms with van der Waals surface area (Å²) in [6.45, 7) is 4.39. The Hall–Kier alpha value is -0.460. The van der Waals surface area contributed by atoms with Crippen molar-refractivity contribution in [2.24, 2.45) is 11.8 Å². The maximum atomic E-state index is 9.34. The highest BCUT2D eigenvalue weighted by atomic mass is 16.3. The Morgan fingerprint density at radius 2 is 2.36 bits per heavy atom. The molecule has 0 heterocycles. The van der Waals surface area contributed by atoms with Gasteiger partial charge in [-0.3, -0.25) is 0 Å². The molecule has 64 valence electrons. The molecule has 0 aromatic heterocycles. The fourth-order valence-corrected chi connectivity index (χ4v) is 2.00. The fourth-order valence-electron chi connectivity index (χ4n) is 2.00. The van der Waals surface area contributed by atoms with Crippen LogP contribution in [0.3, 0.4) is 0 Å². The molecule has 0 bridgehead atoms. The summed E-state index contributed by atoms with van der Waals surface area (Å²) in [7, 11) is 0. The van der Waals surface area contributed by atoms with Crippen molar-refractivity contribution < 1.29 is 5.11 Å². The number of hydrogen-bond donors (Lipinski definition) is 1. The van der Waals surface area contributed by atoms with E-state index in [0.717, 1.165) is 12.3 Å². The van der Waals surface area contributed by atoms with Crippen LogP contribution in [-0.4, -0.2) is 5.11 Å². The van der Waals surface area contributed by atoms with E-state index in [1.54, 1.807) is 0 Å². The van der Waals surface area contributed by atoms with Crippen LogP contribution in [0, 0.1) is 11.8 Å². The highest BCUT2D eigenvalue weighted by Crippen LogP contribution is 2.29. The van der Waals surface area contributed by atoms with Gasteiger partial charge in [0.1, 0.15) is 0 Å². The van der Waals surface area contributed by atoms with Gasteiger partial charge in [-0.05, 0) is 24.3 Å². The molecule has 2 atom stereocenters. The van der Waals surface area contributed by atoms with E-state index in [9.17, 15) is 5.11 Å². The van der Waals surface area contributed by atoms with Gasteiger partial charge in [0.2, 0.25) is 0 Å². The standard InChI is InChI=1S/C10H18O/c1-3-4-9-5-8(2)6-10(11)7-9/h6,8-9,11H,3-5,7H2,1-2H3. The van der Waals surface area contributed by atoms with Crippen LogP contribution in [-0.2, 0) is 0 Å². The van der Waals surface area contributed by atoms with Crippen LogP contribution < -0.4 is 0 Å². The third-order valence-corrected chi connectivity index (χ3v) is 2.38. The van der Waals surface area contributed by atoms with E-state index < -0.39 is 0 Å². The van der Waals surface area contributed by atoms with Crippen molar-refractivity contribution in [2.45, 2.75) is 39.5 Å². The van der Waals surface area contributed by atoms with Gasteiger partial charge in [0, 0.05) is 6.42 Å². The van der Waals surface area contributed by atoms with E-state index in [0.29, 0.717) is 11.7 Å². The van der Waals surface area contributed by atoms with Gasteiger partial charge in [-0.15, -0.1) is 0 Å². The number of rotatable bonds is 2. The molecule has 0 aliphatic heterocycles. The molecule has 1 nitrogen and oxygen atoms in total. The quantitative estimate of drug-likeness (QED) is 0.647. The zero-order chi connectivity index (χ0) is 8.27. The van der Waals surface area contributed by atoms with E-state index in [4.69, 9.17) is 0 Å². The summed E-state index contributed by atoms with van der Waals surface area (Å²) in [5.41, 5.74) is 0. The van der Waals surface area contributed by atoms with Crippen LogP contribution in [0.2, 0.25) is 0 Å². The molecule has 0 spiro atoms. The number of aliphatic hydroxyl groups is 1. The second-order valence-corrected chi connectivity index (χ2v) is 3.73. The Morgan fingerprint density at radius 3 is 2.91 bits per heavy atom. The molecule has 0 aromatic rings. The van der Waals surface area contributed by atoms with E-state index in [1.807, 2.05) is 6.08 Å². The smallest absolute Gasteiger partial charge is 0.0888 e. The Kier molecular flexibility index (Phi) is 2.98. The van der Waals surface area contributed by atoms with Gasteiger partial charge in [0.05, 0.1) is 5.76 Å². The molecule has 0 amide bonds. The fraction of sp³-hybridized carbons (Fsp3) is 0.800. The van der Waals surface area contributed by atoms with Gasteiger partial charge in [-0.25, -0.2) is 0 Å². The number of allylic oxidation sites excluding steroid dienone is 2. The van der Waals surface area contributed by atoms with Crippen molar-refractivity contribution in [2.75, 3.05) is 0 Å². The predicted octanol–water partition coefficient (Wildman–Crippen LogP) is 3.27. The van der Waals surface area contributed by atoms with Crippen LogP contribution in [0.25, 0.3) is 0 Å². The van der Waals surface area contributed by atoms with Crippen molar-refractivity contribution in [1.29, 1.82) is 0 Å². The topological polar surface area (TPSA) is 20.2 Å². The summed E-state index contributed by atoms with van der Waals surface area (Å²) < 4.78 is 0. The monoisotopic (exact) mass is 154 g/mol. The van der Waals surface area contributed by atoms with Gasteiger partial charge in [0.25, 0.3) is 0 Å². The molecular formula is C10H18O. The van der Waals surface area contributed by atoms with E-state index in [2.05, 4.69) is 13.8 Å². The first-order valence-electron chi connectivity index (χ1n) is 4.62. The van der Waals surface area contributed by atoms with Crippen LogP contribution in [0.5, 0.6) is 0 Å².